The van der Waals surface area contributed by atoms with Crippen LogP contribution >= 0.6 is 0 Å². The van der Waals surface area contributed by atoms with Gasteiger partial charge in [-0.15, -0.1) is 0 Å². The largest absolute Gasteiger partial charge is 0.452 e. The first kappa shape index (κ1) is 24.2. The van der Waals surface area contributed by atoms with E-state index >= 15 is 0 Å². The van der Waals surface area contributed by atoms with Crippen molar-refractivity contribution >= 4 is 40.8 Å². The number of nitro benzene ring substituents is 1. The summed E-state index contributed by atoms with van der Waals surface area (Å²) in [5, 5.41) is 14.1. The van der Waals surface area contributed by atoms with E-state index in [9.17, 15) is 42.5 Å². The topological polar surface area (TPSA) is 148 Å². The maximum absolute atomic E-state index is 12.8. The summed E-state index contributed by atoms with van der Waals surface area (Å²) < 4.78 is 43.1. The lowest BCUT2D eigenvalue weighted by molar-refractivity contribution is -0.384. The Balaban J connectivity index is 1.61. The summed E-state index contributed by atoms with van der Waals surface area (Å²) in [5.41, 5.74) is -0.0802. The number of nitro groups is 1. The fourth-order valence-corrected chi connectivity index (χ4v) is 2.90. The molecule has 2 aromatic carbocycles. The highest BCUT2D eigenvalue weighted by atomic mass is 19.4. The molecule has 2 aromatic rings. The van der Waals surface area contributed by atoms with Crippen LogP contribution in [0.15, 0.2) is 42.5 Å². The summed E-state index contributed by atoms with van der Waals surface area (Å²) in [6.45, 7) is -0.876. The second-order valence-corrected chi connectivity index (χ2v) is 6.92. The third-order valence-corrected chi connectivity index (χ3v) is 4.54. The third-order valence-electron chi connectivity index (χ3n) is 4.54. The number of alkyl halides is 3. The van der Waals surface area contributed by atoms with Gasteiger partial charge in [0.05, 0.1) is 21.7 Å². The minimum absolute atomic E-state index is 0.00662. The van der Waals surface area contributed by atoms with E-state index in [2.05, 4.69) is 5.43 Å². The molecule has 178 valence electrons. The van der Waals surface area contributed by atoms with E-state index in [1.54, 1.807) is 0 Å². The van der Waals surface area contributed by atoms with Crippen LogP contribution in [0, 0.1) is 10.1 Å². The van der Waals surface area contributed by atoms with Gasteiger partial charge in [-0.1, -0.05) is 0 Å². The molecule has 1 saturated heterocycles. The molecule has 0 aliphatic carbocycles. The number of anilines is 2. The summed E-state index contributed by atoms with van der Waals surface area (Å²) in [6, 6.07) is 6.86. The van der Waals surface area contributed by atoms with Crippen molar-refractivity contribution in [2.75, 3.05) is 16.9 Å². The Kier molecular flexibility index (Phi) is 6.79. The first-order valence-electron chi connectivity index (χ1n) is 9.51. The fourth-order valence-electron chi connectivity index (χ4n) is 2.90. The predicted octanol–water partition coefficient (Wildman–Crippen LogP) is 2.57. The molecule has 1 aliphatic rings. The van der Waals surface area contributed by atoms with Crippen LogP contribution in [0.2, 0.25) is 0 Å². The first-order chi connectivity index (χ1) is 16.0. The van der Waals surface area contributed by atoms with E-state index in [1.165, 1.54) is 24.3 Å². The summed E-state index contributed by atoms with van der Waals surface area (Å²) in [4.78, 5) is 57.5. The Labute approximate surface area is 188 Å². The monoisotopic (exact) mass is 480 g/mol. The minimum atomic E-state index is -4.81. The Hall–Kier alpha value is -4.49. The molecule has 0 radical (unpaired) electrons. The number of ether oxygens (including phenoxy) is 1. The number of nitrogens with zero attached hydrogens (tertiary/aromatic N) is 2. The number of carbonyl (C=O) groups is 4. The van der Waals surface area contributed by atoms with Crippen LogP contribution in [0.25, 0.3) is 0 Å². The number of hydrazine groups is 1. The van der Waals surface area contributed by atoms with Crippen molar-refractivity contribution in [1.82, 2.24) is 5.43 Å². The Bertz CT molecular complexity index is 1170. The van der Waals surface area contributed by atoms with Crippen molar-refractivity contribution in [3.63, 3.8) is 0 Å². The van der Waals surface area contributed by atoms with Crippen LogP contribution in [0.4, 0.5) is 30.2 Å². The Morgan fingerprint density at radius 1 is 1.12 bits per heavy atom. The number of amides is 3. The van der Waals surface area contributed by atoms with Crippen molar-refractivity contribution in [2.24, 2.45) is 0 Å². The van der Waals surface area contributed by atoms with Gasteiger partial charge in [-0.2, -0.15) is 13.2 Å². The standard InChI is InChI=1S/C20H15F3N4O7/c21-20(22,23)12-3-6-14(15(9-12)27(32)33)24-17(29)10-34-19(31)11-1-4-13(5-2-11)26-18(30)8-7-16(28)25-26/h1-6,9H,7-8,10H2,(H,24,29)(H,25,28). The van der Waals surface area contributed by atoms with Crippen molar-refractivity contribution in [1.29, 1.82) is 0 Å². The maximum atomic E-state index is 12.8. The van der Waals surface area contributed by atoms with Crippen molar-refractivity contribution in [2.45, 2.75) is 19.0 Å². The van der Waals surface area contributed by atoms with E-state index in [4.69, 9.17) is 4.74 Å². The van der Waals surface area contributed by atoms with E-state index in [0.29, 0.717) is 11.8 Å². The van der Waals surface area contributed by atoms with Crippen LogP contribution < -0.4 is 15.8 Å². The van der Waals surface area contributed by atoms with Gasteiger partial charge in [0.1, 0.15) is 5.69 Å². The zero-order valence-electron chi connectivity index (χ0n) is 17.0. The van der Waals surface area contributed by atoms with Gasteiger partial charge in [-0.05, 0) is 36.4 Å². The molecule has 1 heterocycles. The smallest absolute Gasteiger partial charge is 0.416 e. The quantitative estimate of drug-likeness (QED) is 0.367. The maximum Gasteiger partial charge on any atom is 0.416 e. The van der Waals surface area contributed by atoms with Crippen LogP contribution in [0.3, 0.4) is 0 Å². The molecule has 34 heavy (non-hydrogen) atoms. The van der Waals surface area contributed by atoms with Crippen molar-refractivity contribution < 1.29 is 42.0 Å². The normalized spacial score (nSPS) is 13.8. The van der Waals surface area contributed by atoms with Gasteiger partial charge in [0.15, 0.2) is 6.61 Å². The molecule has 2 N–H and O–H groups in total. The minimum Gasteiger partial charge on any atom is -0.452 e. The van der Waals surface area contributed by atoms with Crippen molar-refractivity contribution in [3.05, 3.63) is 63.7 Å². The van der Waals surface area contributed by atoms with Crippen LogP contribution in [-0.4, -0.2) is 35.2 Å². The molecule has 0 bridgehead atoms. The van der Waals surface area contributed by atoms with E-state index < -0.39 is 46.5 Å². The van der Waals surface area contributed by atoms with Crippen molar-refractivity contribution in [3.8, 4) is 0 Å². The number of benzene rings is 2. The molecule has 0 atom stereocenters. The summed E-state index contributed by atoms with van der Waals surface area (Å²) >= 11 is 0. The molecule has 0 unspecified atom stereocenters. The summed E-state index contributed by atoms with van der Waals surface area (Å²) in [5.74, 6) is -2.65. The molecule has 0 aromatic heterocycles. The van der Waals surface area contributed by atoms with Gasteiger partial charge < -0.3 is 10.1 Å². The fraction of sp³-hybridized carbons (Fsp3) is 0.200. The number of nitrogens with one attached hydrogen (secondary N) is 2. The number of halogens is 3. The lowest BCUT2D eigenvalue weighted by atomic mass is 10.1. The van der Waals surface area contributed by atoms with E-state index in [1.807, 2.05) is 5.32 Å². The molecule has 14 heteroatoms. The number of carbonyl (C=O) groups excluding carboxylic acids is 4. The zero-order valence-corrected chi connectivity index (χ0v) is 17.0. The van der Waals surface area contributed by atoms with E-state index in [0.717, 1.165) is 11.1 Å². The lowest BCUT2D eigenvalue weighted by Crippen LogP contribution is -2.50. The molecular formula is C20H15F3N4O7. The number of hydrogen-bond donors (Lipinski definition) is 2. The van der Waals surface area contributed by atoms with Gasteiger partial charge in [0, 0.05) is 18.9 Å². The zero-order chi connectivity index (χ0) is 25.0. The van der Waals surface area contributed by atoms with Crippen LogP contribution in [-0.2, 0) is 25.3 Å². The van der Waals surface area contributed by atoms with Gasteiger partial charge in [-0.3, -0.25) is 29.9 Å². The molecule has 1 aliphatic heterocycles. The summed E-state index contributed by atoms with van der Waals surface area (Å²) in [6.07, 6.45) is -4.72. The molecule has 3 amide bonds. The molecule has 1 fully saturated rings. The Morgan fingerprint density at radius 3 is 2.41 bits per heavy atom. The molecule has 0 spiro atoms. The second-order valence-electron chi connectivity index (χ2n) is 6.92. The lowest BCUT2D eigenvalue weighted by Gasteiger charge is -2.27. The highest BCUT2D eigenvalue weighted by molar-refractivity contribution is 6.01. The number of rotatable bonds is 6. The molecule has 3 rings (SSSR count). The first-order valence-corrected chi connectivity index (χ1v) is 9.51. The average Bonchev–Trinajstić information content (AvgIpc) is 2.78. The number of esters is 1. The highest BCUT2D eigenvalue weighted by Gasteiger charge is 2.33. The second kappa shape index (κ2) is 9.56. The van der Waals surface area contributed by atoms with Crippen LogP contribution in [0.5, 0.6) is 0 Å². The molecular weight excluding hydrogens is 465 g/mol. The SMILES string of the molecule is O=C(COC(=O)c1ccc(N2NC(=O)CCC2=O)cc1)Nc1ccc(C(F)(F)F)cc1[N+](=O)[O-]. The van der Waals surface area contributed by atoms with Gasteiger partial charge in [0.25, 0.3) is 11.6 Å². The predicted molar refractivity (Wildman–Crippen MR) is 108 cm³/mol. The average molecular weight is 480 g/mol. The Morgan fingerprint density at radius 2 is 1.79 bits per heavy atom. The molecule has 0 saturated carbocycles. The van der Waals surface area contributed by atoms with Gasteiger partial charge in [-0.25, -0.2) is 9.80 Å². The number of hydrogen-bond acceptors (Lipinski definition) is 7. The van der Waals surface area contributed by atoms with Gasteiger partial charge >= 0.3 is 12.1 Å². The highest BCUT2D eigenvalue weighted by Crippen LogP contribution is 2.35. The van der Waals surface area contributed by atoms with Crippen LogP contribution in [0.1, 0.15) is 28.8 Å². The molecule has 11 nitrogen and oxygen atoms in total. The van der Waals surface area contributed by atoms with Gasteiger partial charge in [0.2, 0.25) is 11.8 Å². The van der Waals surface area contributed by atoms with E-state index in [-0.39, 0.29) is 36.3 Å². The summed E-state index contributed by atoms with van der Waals surface area (Å²) in [7, 11) is 0. The third kappa shape index (κ3) is 5.65.